The number of carbonyl (C=O) groups is 2. The summed E-state index contributed by atoms with van der Waals surface area (Å²) < 4.78 is 0. The minimum absolute atomic E-state index is 0.00201. The zero-order valence-electron chi connectivity index (χ0n) is 15.7. The molecule has 2 atom stereocenters. The lowest BCUT2D eigenvalue weighted by molar-refractivity contribution is -0.120. The molecule has 136 valence electrons. The van der Waals surface area contributed by atoms with E-state index in [1.165, 1.54) is 5.56 Å². The van der Waals surface area contributed by atoms with Gasteiger partial charge in [-0.3, -0.25) is 9.59 Å². The molecule has 1 aromatic rings. The maximum Gasteiger partial charge on any atom is 0.230 e. The summed E-state index contributed by atoms with van der Waals surface area (Å²) in [6.07, 6.45) is 3.02. The molecule has 2 amide bonds. The van der Waals surface area contributed by atoms with Crippen molar-refractivity contribution in [1.29, 1.82) is 0 Å². The monoisotopic (exact) mass is 343 g/mol. The van der Waals surface area contributed by atoms with Gasteiger partial charge in [-0.05, 0) is 56.8 Å². The van der Waals surface area contributed by atoms with Crippen LogP contribution in [-0.4, -0.2) is 38.0 Å². The number of nitrogens with one attached hydrogen (secondary N) is 1. The molecule has 3 rings (SSSR count). The summed E-state index contributed by atoms with van der Waals surface area (Å²) in [6.45, 7) is 7.27. The molecule has 1 aliphatic carbocycles. The Labute approximate surface area is 150 Å². The fraction of sp³-hybridized carbons (Fsp3) is 0.600. The highest BCUT2D eigenvalue weighted by Gasteiger charge is 2.39. The van der Waals surface area contributed by atoms with Gasteiger partial charge in [-0.25, -0.2) is 0 Å². The largest absolute Gasteiger partial charge is 0.319 e. The van der Waals surface area contributed by atoms with Crippen molar-refractivity contribution in [3.8, 4) is 0 Å². The van der Waals surface area contributed by atoms with Crippen LogP contribution in [0, 0.1) is 5.92 Å². The van der Waals surface area contributed by atoms with Gasteiger partial charge in [-0.15, -0.1) is 0 Å². The Balaban J connectivity index is 2.04. The van der Waals surface area contributed by atoms with Crippen molar-refractivity contribution in [3.05, 3.63) is 23.8 Å². The van der Waals surface area contributed by atoms with E-state index < -0.39 is 0 Å². The fourth-order valence-electron chi connectivity index (χ4n) is 3.88. The second-order valence-electron chi connectivity index (χ2n) is 7.37. The van der Waals surface area contributed by atoms with Crippen molar-refractivity contribution < 1.29 is 9.59 Å². The van der Waals surface area contributed by atoms with Crippen molar-refractivity contribution in [2.24, 2.45) is 5.92 Å². The normalized spacial score (nSPS) is 21.0. The third kappa shape index (κ3) is 3.43. The predicted molar refractivity (Wildman–Crippen MR) is 101 cm³/mol. The third-order valence-electron chi connectivity index (χ3n) is 5.38. The minimum Gasteiger partial charge on any atom is -0.319 e. The maximum atomic E-state index is 12.8. The van der Waals surface area contributed by atoms with Crippen molar-refractivity contribution in [2.45, 2.75) is 52.0 Å². The molecule has 0 saturated heterocycles. The van der Waals surface area contributed by atoms with Crippen LogP contribution < -0.4 is 15.1 Å². The van der Waals surface area contributed by atoms with Gasteiger partial charge in [0.05, 0.1) is 17.4 Å². The van der Waals surface area contributed by atoms with E-state index in [2.05, 4.69) is 24.4 Å². The molecular weight excluding hydrogens is 314 g/mol. The first-order chi connectivity index (χ1) is 12.0. The first kappa shape index (κ1) is 17.9. The smallest absolute Gasteiger partial charge is 0.230 e. The van der Waals surface area contributed by atoms with Crippen LogP contribution in [-0.2, 0) is 9.59 Å². The lowest BCUT2D eigenvalue weighted by Crippen LogP contribution is -2.51. The molecule has 2 aliphatic rings. The van der Waals surface area contributed by atoms with Crippen LogP contribution in [0.2, 0.25) is 0 Å². The van der Waals surface area contributed by atoms with Crippen LogP contribution in [0.3, 0.4) is 0 Å². The zero-order valence-corrected chi connectivity index (χ0v) is 15.7. The van der Waals surface area contributed by atoms with Gasteiger partial charge in [0.2, 0.25) is 11.8 Å². The third-order valence-corrected chi connectivity index (χ3v) is 5.38. The molecule has 0 radical (unpaired) electrons. The molecule has 0 bridgehead atoms. The van der Waals surface area contributed by atoms with Crippen molar-refractivity contribution in [1.82, 2.24) is 5.32 Å². The summed E-state index contributed by atoms with van der Waals surface area (Å²) in [5.74, 6) is 0.822. The van der Waals surface area contributed by atoms with E-state index in [4.69, 9.17) is 0 Å². The van der Waals surface area contributed by atoms with Crippen LogP contribution in [0.1, 0.15) is 51.5 Å². The topological polar surface area (TPSA) is 52.7 Å². The number of carbonyl (C=O) groups excluding carboxylic acids is 2. The Morgan fingerprint density at radius 2 is 2.00 bits per heavy atom. The van der Waals surface area contributed by atoms with Gasteiger partial charge in [0.15, 0.2) is 0 Å². The quantitative estimate of drug-likeness (QED) is 0.894. The van der Waals surface area contributed by atoms with Gasteiger partial charge < -0.3 is 15.1 Å². The summed E-state index contributed by atoms with van der Waals surface area (Å²) in [6, 6.07) is 6.26. The lowest BCUT2D eigenvalue weighted by Gasteiger charge is -2.41. The van der Waals surface area contributed by atoms with Crippen LogP contribution in [0.5, 0.6) is 0 Å². The van der Waals surface area contributed by atoms with Crippen molar-refractivity contribution >= 4 is 23.2 Å². The highest BCUT2D eigenvalue weighted by Crippen LogP contribution is 2.41. The average Bonchev–Trinajstić information content (AvgIpc) is 3.42. The van der Waals surface area contributed by atoms with Gasteiger partial charge in [0.1, 0.15) is 0 Å². The Morgan fingerprint density at radius 1 is 1.28 bits per heavy atom. The van der Waals surface area contributed by atoms with E-state index in [-0.39, 0.29) is 23.8 Å². The first-order valence-electron chi connectivity index (χ1n) is 9.37. The molecule has 5 nitrogen and oxygen atoms in total. The number of likely N-dealkylation sites (N-methyl/N-ethyl adjacent to an activating group) is 1. The van der Waals surface area contributed by atoms with E-state index in [1.54, 1.807) is 6.92 Å². The number of hydrogen-bond donors (Lipinski definition) is 1. The van der Waals surface area contributed by atoms with Gasteiger partial charge in [-0.2, -0.15) is 0 Å². The van der Waals surface area contributed by atoms with Gasteiger partial charge in [-0.1, -0.05) is 13.0 Å². The van der Waals surface area contributed by atoms with E-state index in [9.17, 15) is 9.59 Å². The van der Waals surface area contributed by atoms with Crippen LogP contribution >= 0.6 is 0 Å². The molecular formula is C20H29N3O2. The number of rotatable bonds is 5. The highest BCUT2D eigenvalue weighted by atomic mass is 16.2. The molecule has 1 N–H and O–H groups in total. The molecule has 5 heteroatoms. The molecule has 1 aliphatic heterocycles. The fourth-order valence-corrected chi connectivity index (χ4v) is 3.88. The Morgan fingerprint density at radius 3 is 2.56 bits per heavy atom. The average molecular weight is 343 g/mol. The van der Waals surface area contributed by atoms with Crippen LogP contribution in [0.4, 0.5) is 11.4 Å². The Bertz CT molecular complexity index is 669. The summed E-state index contributed by atoms with van der Waals surface area (Å²) in [4.78, 5) is 28.8. The highest BCUT2D eigenvalue weighted by molar-refractivity contribution is 6.05. The van der Waals surface area contributed by atoms with Crippen LogP contribution in [0.25, 0.3) is 0 Å². The maximum absolute atomic E-state index is 12.8. The van der Waals surface area contributed by atoms with E-state index in [0.29, 0.717) is 12.5 Å². The summed E-state index contributed by atoms with van der Waals surface area (Å²) in [7, 11) is 1.96. The molecule has 1 fully saturated rings. The summed E-state index contributed by atoms with van der Waals surface area (Å²) in [5.41, 5.74) is 2.99. The number of anilines is 2. The van der Waals surface area contributed by atoms with E-state index in [0.717, 1.165) is 37.2 Å². The standard InChI is InChI=1S/C20H29N3O2/c1-5-15(11-21-4)17-8-9-18-19(10-17)22(20(25)16-6-7-16)12-13(2)23(18)14(3)24/h8-10,13,15-16,21H,5-7,11-12H2,1-4H3. The van der Waals surface area contributed by atoms with Gasteiger partial charge >= 0.3 is 0 Å². The second kappa shape index (κ2) is 7.16. The second-order valence-corrected chi connectivity index (χ2v) is 7.37. The minimum atomic E-state index is -0.00201. The molecule has 0 spiro atoms. The van der Waals surface area contributed by atoms with Gasteiger partial charge in [0, 0.05) is 25.9 Å². The number of amides is 2. The first-order valence-corrected chi connectivity index (χ1v) is 9.37. The Hall–Kier alpha value is -1.88. The zero-order chi connectivity index (χ0) is 18.1. The molecule has 1 heterocycles. The SMILES string of the molecule is CCC(CNC)c1ccc2c(c1)N(C(=O)C1CC1)CC(C)N2C(C)=O. The predicted octanol–water partition coefficient (Wildman–Crippen LogP) is 2.90. The number of hydrogen-bond acceptors (Lipinski definition) is 3. The molecule has 2 unspecified atom stereocenters. The molecule has 25 heavy (non-hydrogen) atoms. The number of nitrogens with zero attached hydrogens (tertiary/aromatic N) is 2. The van der Waals surface area contributed by atoms with Crippen LogP contribution in [0.15, 0.2) is 18.2 Å². The van der Waals surface area contributed by atoms with E-state index >= 15 is 0 Å². The number of fused-ring (bicyclic) bond motifs is 1. The van der Waals surface area contributed by atoms with Crippen molar-refractivity contribution in [2.75, 3.05) is 29.9 Å². The molecule has 1 aromatic carbocycles. The molecule has 1 saturated carbocycles. The van der Waals surface area contributed by atoms with Crippen molar-refractivity contribution in [3.63, 3.8) is 0 Å². The van der Waals surface area contributed by atoms with E-state index in [1.807, 2.05) is 29.8 Å². The summed E-state index contributed by atoms with van der Waals surface area (Å²) in [5, 5.41) is 3.25. The van der Waals surface area contributed by atoms with Gasteiger partial charge in [0.25, 0.3) is 0 Å². The Kier molecular flexibility index (Phi) is 5.13. The summed E-state index contributed by atoms with van der Waals surface area (Å²) >= 11 is 0. The molecule has 0 aromatic heterocycles. The lowest BCUT2D eigenvalue weighted by atomic mass is 9.94. The number of benzene rings is 1.